The Labute approximate surface area is 154 Å². The highest BCUT2D eigenvalue weighted by molar-refractivity contribution is 7.92. The predicted octanol–water partition coefficient (Wildman–Crippen LogP) is 3.22. The molecule has 0 unspecified atom stereocenters. The molecule has 0 saturated carbocycles. The quantitative estimate of drug-likeness (QED) is 0.832. The van der Waals surface area contributed by atoms with E-state index in [1.54, 1.807) is 24.3 Å². The molecule has 2 aromatic rings. The van der Waals surface area contributed by atoms with Gasteiger partial charge in [-0.3, -0.25) is 4.72 Å². The second-order valence-corrected chi connectivity index (χ2v) is 7.40. The van der Waals surface area contributed by atoms with Gasteiger partial charge in [0.25, 0.3) is 10.0 Å². The number of para-hydroxylation sites is 1. The van der Waals surface area contributed by atoms with Crippen LogP contribution in [0.5, 0.6) is 5.75 Å². The van der Waals surface area contributed by atoms with Crippen LogP contribution in [-0.4, -0.2) is 41.1 Å². The molecule has 0 aliphatic carbocycles. The fourth-order valence-corrected chi connectivity index (χ4v) is 3.84. The van der Waals surface area contributed by atoms with E-state index in [-0.39, 0.29) is 5.69 Å². The average molecular weight is 402 g/mol. The van der Waals surface area contributed by atoms with Gasteiger partial charge in [0, 0.05) is 24.5 Å². The van der Waals surface area contributed by atoms with E-state index in [9.17, 15) is 21.6 Å². The van der Waals surface area contributed by atoms with E-state index in [1.165, 1.54) is 12.1 Å². The first kappa shape index (κ1) is 19.3. The molecule has 27 heavy (non-hydrogen) atoms. The van der Waals surface area contributed by atoms with Crippen LogP contribution >= 0.6 is 0 Å². The third kappa shape index (κ3) is 5.04. The van der Waals surface area contributed by atoms with Crippen molar-refractivity contribution in [2.75, 3.05) is 35.9 Å². The zero-order valence-electron chi connectivity index (χ0n) is 14.1. The molecule has 1 saturated heterocycles. The molecular weight excluding hydrogens is 385 g/mol. The number of rotatable bonds is 5. The van der Waals surface area contributed by atoms with Crippen LogP contribution in [0.3, 0.4) is 0 Å². The molecule has 1 N–H and O–H groups in total. The summed E-state index contributed by atoms with van der Waals surface area (Å²) in [5, 5.41) is 0. The van der Waals surface area contributed by atoms with Gasteiger partial charge in [-0.05, 0) is 36.4 Å². The van der Waals surface area contributed by atoms with Crippen molar-refractivity contribution in [1.82, 2.24) is 0 Å². The molecule has 1 heterocycles. The SMILES string of the molecule is O=S(=O)(Nc1ccc(N2CCOCC2)cc1)c1ccccc1OC(F)(F)F. The van der Waals surface area contributed by atoms with E-state index in [1.807, 2.05) is 0 Å². The summed E-state index contributed by atoms with van der Waals surface area (Å²) < 4.78 is 73.9. The van der Waals surface area contributed by atoms with Gasteiger partial charge >= 0.3 is 6.36 Å². The van der Waals surface area contributed by atoms with Crippen molar-refractivity contribution < 1.29 is 31.1 Å². The monoisotopic (exact) mass is 402 g/mol. The summed E-state index contributed by atoms with van der Waals surface area (Å²) in [6.45, 7) is 2.69. The van der Waals surface area contributed by atoms with Crippen molar-refractivity contribution >= 4 is 21.4 Å². The lowest BCUT2D eigenvalue weighted by Crippen LogP contribution is -2.36. The minimum atomic E-state index is -4.99. The number of hydrogen-bond donors (Lipinski definition) is 1. The molecule has 0 radical (unpaired) electrons. The van der Waals surface area contributed by atoms with Crippen LogP contribution in [0.25, 0.3) is 0 Å². The van der Waals surface area contributed by atoms with E-state index < -0.39 is 27.0 Å². The normalized spacial score (nSPS) is 15.4. The number of sulfonamides is 1. The maximum Gasteiger partial charge on any atom is 0.573 e. The van der Waals surface area contributed by atoms with Gasteiger partial charge in [0.1, 0.15) is 10.6 Å². The lowest BCUT2D eigenvalue weighted by Gasteiger charge is -2.28. The maximum atomic E-state index is 12.5. The lowest BCUT2D eigenvalue weighted by molar-refractivity contribution is -0.275. The minimum absolute atomic E-state index is 0.230. The predicted molar refractivity (Wildman–Crippen MR) is 93.4 cm³/mol. The Morgan fingerprint density at radius 1 is 1.00 bits per heavy atom. The molecule has 0 amide bonds. The number of ether oxygens (including phenoxy) is 2. The third-order valence-electron chi connectivity index (χ3n) is 3.86. The van der Waals surface area contributed by atoms with Gasteiger partial charge in [-0.2, -0.15) is 0 Å². The molecule has 1 aliphatic rings. The van der Waals surface area contributed by atoms with Crippen LogP contribution in [0.1, 0.15) is 0 Å². The fraction of sp³-hybridized carbons (Fsp3) is 0.294. The van der Waals surface area contributed by atoms with E-state index in [0.717, 1.165) is 30.9 Å². The molecule has 0 atom stereocenters. The van der Waals surface area contributed by atoms with Crippen molar-refractivity contribution in [3.63, 3.8) is 0 Å². The molecule has 6 nitrogen and oxygen atoms in total. The highest BCUT2D eigenvalue weighted by atomic mass is 32.2. The summed E-state index contributed by atoms with van der Waals surface area (Å²) >= 11 is 0. The zero-order valence-corrected chi connectivity index (χ0v) is 14.9. The highest BCUT2D eigenvalue weighted by Crippen LogP contribution is 2.30. The number of anilines is 2. The van der Waals surface area contributed by atoms with Gasteiger partial charge in [0.05, 0.1) is 13.2 Å². The summed E-state index contributed by atoms with van der Waals surface area (Å²) in [4.78, 5) is 1.49. The number of nitrogens with one attached hydrogen (secondary N) is 1. The van der Waals surface area contributed by atoms with Crippen molar-refractivity contribution in [3.8, 4) is 5.75 Å². The van der Waals surface area contributed by atoms with E-state index in [4.69, 9.17) is 4.74 Å². The molecular formula is C17H17F3N2O4S. The Hall–Kier alpha value is -2.46. The van der Waals surface area contributed by atoms with Gasteiger partial charge in [-0.25, -0.2) is 8.42 Å². The van der Waals surface area contributed by atoms with E-state index in [0.29, 0.717) is 13.2 Å². The van der Waals surface area contributed by atoms with Crippen LogP contribution in [-0.2, 0) is 14.8 Å². The first-order chi connectivity index (χ1) is 12.7. The highest BCUT2D eigenvalue weighted by Gasteiger charge is 2.34. The van der Waals surface area contributed by atoms with Crippen LogP contribution < -0.4 is 14.4 Å². The Kier molecular flexibility index (Phi) is 5.47. The molecule has 0 spiro atoms. The Morgan fingerprint density at radius 2 is 1.63 bits per heavy atom. The third-order valence-corrected chi connectivity index (χ3v) is 5.28. The topological polar surface area (TPSA) is 67.9 Å². The van der Waals surface area contributed by atoms with Gasteiger partial charge in [-0.15, -0.1) is 13.2 Å². The number of morpholine rings is 1. The number of benzene rings is 2. The van der Waals surface area contributed by atoms with Crippen LogP contribution in [0.4, 0.5) is 24.5 Å². The summed E-state index contributed by atoms with van der Waals surface area (Å²) in [5.41, 5.74) is 1.14. The second-order valence-electron chi connectivity index (χ2n) is 5.75. The average Bonchev–Trinajstić information content (AvgIpc) is 2.62. The van der Waals surface area contributed by atoms with Crippen LogP contribution in [0, 0.1) is 0 Å². The van der Waals surface area contributed by atoms with E-state index >= 15 is 0 Å². The standard InChI is InChI=1S/C17H17F3N2O4S/c18-17(19,20)26-15-3-1-2-4-16(15)27(23,24)21-13-5-7-14(8-6-13)22-9-11-25-12-10-22/h1-8,21H,9-12H2. The van der Waals surface area contributed by atoms with E-state index in [2.05, 4.69) is 14.4 Å². The molecule has 0 aromatic heterocycles. The molecule has 0 bridgehead atoms. The number of hydrogen-bond acceptors (Lipinski definition) is 5. The summed E-state index contributed by atoms with van der Waals surface area (Å²) in [7, 11) is -4.26. The Morgan fingerprint density at radius 3 is 2.26 bits per heavy atom. The maximum absolute atomic E-state index is 12.5. The smallest absolute Gasteiger partial charge is 0.404 e. The minimum Gasteiger partial charge on any atom is -0.404 e. The summed E-state index contributed by atoms with van der Waals surface area (Å²) in [6.07, 6.45) is -4.99. The Bertz CT molecular complexity index is 880. The van der Waals surface area contributed by atoms with Gasteiger partial charge < -0.3 is 14.4 Å². The lowest BCUT2D eigenvalue weighted by atomic mass is 10.2. The number of nitrogens with zero attached hydrogens (tertiary/aromatic N) is 1. The Balaban J connectivity index is 1.79. The molecule has 2 aromatic carbocycles. The van der Waals surface area contributed by atoms with Gasteiger partial charge in [0.2, 0.25) is 0 Å². The zero-order chi connectivity index (χ0) is 19.5. The molecule has 3 rings (SSSR count). The van der Waals surface area contributed by atoms with Crippen molar-refractivity contribution in [2.24, 2.45) is 0 Å². The van der Waals surface area contributed by atoms with Gasteiger partial charge in [-0.1, -0.05) is 12.1 Å². The van der Waals surface area contributed by atoms with Crippen molar-refractivity contribution in [2.45, 2.75) is 11.3 Å². The molecule has 1 aliphatic heterocycles. The van der Waals surface area contributed by atoms with Crippen molar-refractivity contribution in [3.05, 3.63) is 48.5 Å². The van der Waals surface area contributed by atoms with Crippen LogP contribution in [0.15, 0.2) is 53.4 Å². The summed E-state index contributed by atoms with van der Waals surface area (Å²) in [6, 6.07) is 11.2. The number of alkyl halides is 3. The summed E-state index contributed by atoms with van der Waals surface area (Å²) in [5.74, 6) is -0.789. The number of halogens is 3. The largest absolute Gasteiger partial charge is 0.573 e. The van der Waals surface area contributed by atoms with Crippen LogP contribution in [0.2, 0.25) is 0 Å². The molecule has 146 valence electrons. The molecule has 1 fully saturated rings. The molecule has 10 heteroatoms. The first-order valence-electron chi connectivity index (χ1n) is 8.05. The van der Waals surface area contributed by atoms with Crippen molar-refractivity contribution in [1.29, 1.82) is 0 Å². The first-order valence-corrected chi connectivity index (χ1v) is 9.53. The second kappa shape index (κ2) is 7.65. The fourth-order valence-electron chi connectivity index (χ4n) is 2.65. The van der Waals surface area contributed by atoms with Gasteiger partial charge in [0.15, 0.2) is 0 Å².